The molecule has 0 spiro atoms. The van der Waals surface area contributed by atoms with Crippen LogP contribution < -0.4 is 0 Å². The SMILES string of the molecule is O=C1/C(=C/c2ccc(Cl)cc2)CCC1C1CCCC1. The molecule has 0 aromatic heterocycles. The van der Waals surface area contributed by atoms with Crippen molar-refractivity contribution in [2.45, 2.75) is 38.5 Å². The van der Waals surface area contributed by atoms with E-state index in [4.69, 9.17) is 11.6 Å². The molecular weight excluding hydrogens is 256 g/mol. The molecule has 1 unspecified atom stereocenters. The molecule has 0 bridgehead atoms. The summed E-state index contributed by atoms with van der Waals surface area (Å²) in [5.41, 5.74) is 2.10. The molecule has 2 aliphatic carbocycles. The van der Waals surface area contributed by atoms with Gasteiger partial charge < -0.3 is 0 Å². The first-order valence-corrected chi connectivity index (χ1v) is 7.62. The van der Waals surface area contributed by atoms with Gasteiger partial charge in [0.25, 0.3) is 0 Å². The first-order chi connectivity index (χ1) is 9.24. The van der Waals surface area contributed by atoms with Gasteiger partial charge in [-0.1, -0.05) is 36.6 Å². The highest BCUT2D eigenvalue weighted by molar-refractivity contribution is 6.30. The number of ketones is 1. The minimum atomic E-state index is 0.307. The number of benzene rings is 1. The Hall–Kier alpha value is -1.08. The molecule has 0 amide bonds. The highest BCUT2D eigenvalue weighted by atomic mass is 35.5. The minimum Gasteiger partial charge on any atom is -0.294 e. The van der Waals surface area contributed by atoms with Gasteiger partial charge in [0, 0.05) is 10.9 Å². The van der Waals surface area contributed by atoms with Crippen LogP contribution >= 0.6 is 11.6 Å². The largest absolute Gasteiger partial charge is 0.294 e. The Bertz CT molecular complexity index is 494. The summed E-state index contributed by atoms with van der Waals surface area (Å²) in [4.78, 5) is 12.5. The quantitative estimate of drug-likeness (QED) is 0.702. The molecule has 2 fully saturated rings. The van der Waals surface area contributed by atoms with Gasteiger partial charge in [-0.25, -0.2) is 0 Å². The molecule has 0 radical (unpaired) electrons. The Morgan fingerprint density at radius 2 is 1.74 bits per heavy atom. The van der Waals surface area contributed by atoms with Gasteiger partial charge in [0.05, 0.1) is 0 Å². The highest BCUT2D eigenvalue weighted by Crippen LogP contribution is 2.40. The van der Waals surface area contributed by atoms with E-state index in [9.17, 15) is 4.79 Å². The second-order valence-corrected chi connectivity index (χ2v) is 6.21. The third-order valence-electron chi connectivity index (χ3n) is 4.56. The normalized spacial score (nSPS) is 26.5. The summed E-state index contributed by atoms with van der Waals surface area (Å²) in [5, 5.41) is 0.740. The molecule has 3 rings (SSSR count). The molecule has 0 aliphatic heterocycles. The second kappa shape index (κ2) is 5.50. The predicted octanol–water partition coefficient (Wildman–Crippen LogP) is 4.89. The maximum absolute atomic E-state index is 12.5. The van der Waals surface area contributed by atoms with E-state index < -0.39 is 0 Å². The molecule has 100 valence electrons. The zero-order chi connectivity index (χ0) is 13.2. The van der Waals surface area contributed by atoms with Crippen LogP contribution in [0.2, 0.25) is 5.02 Å². The first-order valence-electron chi connectivity index (χ1n) is 7.24. The summed E-state index contributed by atoms with van der Waals surface area (Å²) in [7, 11) is 0. The Kier molecular flexibility index (Phi) is 3.74. The summed E-state index contributed by atoms with van der Waals surface area (Å²) in [5.74, 6) is 1.37. The van der Waals surface area contributed by atoms with Crippen molar-refractivity contribution >= 4 is 23.5 Å². The number of allylic oxidation sites excluding steroid dienone is 1. The maximum Gasteiger partial charge on any atom is 0.162 e. The summed E-state index contributed by atoms with van der Waals surface area (Å²) in [6.07, 6.45) is 9.18. The van der Waals surface area contributed by atoms with E-state index >= 15 is 0 Å². The summed E-state index contributed by atoms with van der Waals surface area (Å²) < 4.78 is 0. The van der Waals surface area contributed by atoms with Gasteiger partial charge in [-0.05, 0) is 60.9 Å². The van der Waals surface area contributed by atoms with E-state index in [1.807, 2.05) is 30.3 Å². The number of carbonyl (C=O) groups excluding carboxylic acids is 1. The van der Waals surface area contributed by atoms with Crippen molar-refractivity contribution in [1.29, 1.82) is 0 Å². The third-order valence-corrected chi connectivity index (χ3v) is 4.81. The van der Waals surface area contributed by atoms with Gasteiger partial charge >= 0.3 is 0 Å². The molecular formula is C17H19ClO. The van der Waals surface area contributed by atoms with Crippen molar-refractivity contribution in [3.8, 4) is 0 Å². The van der Waals surface area contributed by atoms with Gasteiger partial charge in [-0.15, -0.1) is 0 Å². The van der Waals surface area contributed by atoms with Crippen LogP contribution in [-0.4, -0.2) is 5.78 Å². The average Bonchev–Trinajstić information content (AvgIpc) is 3.03. The number of halogens is 1. The van der Waals surface area contributed by atoms with Crippen molar-refractivity contribution in [3.63, 3.8) is 0 Å². The van der Waals surface area contributed by atoms with Gasteiger partial charge in [0.15, 0.2) is 5.78 Å². The van der Waals surface area contributed by atoms with Crippen molar-refractivity contribution in [2.24, 2.45) is 11.8 Å². The zero-order valence-corrected chi connectivity index (χ0v) is 11.8. The molecule has 2 saturated carbocycles. The predicted molar refractivity (Wildman–Crippen MR) is 79.1 cm³/mol. The van der Waals surface area contributed by atoms with E-state index in [1.165, 1.54) is 25.7 Å². The Balaban J connectivity index is 1.75. The van der Waals surface area contributed by atoms with Crippen LogP contribution in [-0.2, 0) is 4.79 Å². The smallest absolute Gasteiger partial charge is 0.162 e. The second-order valence-electron chi connectivity index (χ2n) is 5.78. The lowest BCUT2D eigenvalue weighted by molar-refractivity contribution is -0.119. The number of hydrogen-bond donors (Lipinski definition) is 0. The van der Waals surface area contributed by atoms with Crippen molar-refractivity contribution in [2.75, 3.05) is 0 Å². The Morgan fingerprint density at radius 3 is 2.42 bits per heavy atom. The van der Waals surface area contributed by atoms with Crippen LogP contribution in [0.25, 0.3) is 6.08 Å². The number of hydrogen-bond acceptors (Lipinski definition) is 1. The fourth-order valence-electron chi connectivity index (χ4n) is 3.52. The molecule has 1 aromatic rings. The van der Waals surface area contributed by atoms with Gasteiger partial charge in [-0.2, -0.15) is 0 Å². The van der Waals surface area contributed by atoms with Crippen molar-refractivity contribution in [1.82, 2.24) is 0 Å². The third kappa shape index (κ3) is 2.76. The fourth-order valence-corrected chi connectivity index (χ4v) is 3.64. The number of carbonyl (C=O) groups is 1. The molecule has 1 nitrogen and oxygen atoms in total. The molecule has 19 heavy (non-hydrogen) atoms. The molecule has 0 heterocycles. The van der Waals surface area contributed by atoms with Crippen LogP contribution in [0.1, 0.15) is 44.1 Å². The Morgan fingerprint density at radius 1 is 1.05 bits per heavy atom. The fraction of sp³-hybridized carbons (Fsp3) is 0.471. The monoisotopic (exact) mass is 274 g/mol. The van der Waals surface area contributed by atoms with Gasteiger partial charge in [0.2, 0.25) is 0 Å². The lowest BCUT2D eigenvalue weighted by atomic mass is 9.88. The maximum atomic E-state index is 12.5. The summed E-state index contributed by atoms with van der Waals surface area (Å²) in [6, 6.07) is 7.71. The summed E-state index contributed by atoms with van der Waals surface area (Å²) >= 11 is 5.88. The Labute approximate surface area is 119 Å². The first kappa shape index (κ1) is 12.9. The summed E-state index contributed by atoms with van der Waals surface area (Å²) in [6.45, 7) is 0. The van der Waals surface area contributed by atoms with Crippen LogP contribution in [0.5, 0.6) is 0 Å². The van der Waals surface area contributed by atoms with E-state index in [0.29, 0.717) is 17.6 Å². The van der Waals surface area contributed by atoms with Crippen LogP contribution in [0, 0.1) is 11.8 Å². The molecule has 1 atom stereocenters. The lowest BCUT2D eigenvalue weighted by Crippen LogP contribution is -2.16. The van der Waals surface area contributed by atoms with Gasteiger partial charge in [0.1, 0.15) is 0 Å². The average molecular weight is 275 g/mol. The van der Waals surface area contributed by atoms with E-state index in [0.717, 1.165) is 29.0 Å². The highest BCUT2D eigenvalue weighted by Gasteiger charge is 2.36. The van der Waals surface area contributed by atoms with E-state index in [1.54, 1.807) is 0 Å². The van der Waals surface area contributed by atoms with Crippen LogP contribution in [0.3, 0.4) is 0 Å². The van der Waals surface area contributed by atoms with E-state index in [-0.39, 0.29) is 0 Å². The molecule has 0 saturated heterocycles. The molecule has 1 aromatic carbocycles. The van der Waals surface area contributed by atoms with Crippen LogP contribution in [0.15, 0.2) is 29.8 Å². The molecule has 0 N–H and O–H groups in total. The topological polar surface area (TPSA) is 17.1 Å². The number of Topliss-reactive ketones (excluding diaryl/α,β-unsaturated/α-hetero) is 1. The number of rotatable bonds is 2. The van der Waals surface area contributed by atoms with Gasteiger partial charge in [-0.3, -0.25) is 4.79 Å². The van der Waals surface area contributed by atoms with Crippen molar-refractivity contribution in [3.05, 3.63) is 40.4 Å². The zero-order valence-electron chi connectivity index (χ0n) is 11.1. The van der Waals surface area contributed by atoms with E-state index in [2.05, 4.69) is 0 Å². The molecule has 2 aliphatic rings. The van der Waals surface area contributed by atoms with Crippen molar-refractivity contribution < 1.29 is 4.79 Å². The lowest BCUT2D eigenvalue weighted by Gasteiger charge is -2.15. The molecule has 2 heteroatoms. The van der Waals surface area contributed by atoms with Crippen LogP contribution in [0.4, 0.5) is 0 Å². The standard InChI is InChI=1S/C17H19ClO/c18-15-8-5-12(6-9-15)11-14-7-10-16(17(14)19)13-3-1-2-4-13/h5-6,8-9,11,13,16H,1-4,7,10H2/b14-11+. The minimum absolute atomic E-state index is 0.307.